The van der Waals surface area contributed by atoms with Gasteiger partial charge in [0, 0.05) is 16.7 Å². The van der Waals surface area contributed by atoms with Gasteiger partial charge in [-0.3, -0.25) is 4.79 Å². The Balaban J connectivity index is 2.58. The van der Waals surface area contributed by atoms with Gasteiger partial charge in [-0.25, -0.2) is 0 Å². The molecule has 3 nitrogen and oxygen atoms in total. The number of carbonyl (C=O) groups is 1. The summed E-state index contributed by atoms with van der Waals surface area (Å²) in [5, 5.41) is 3.17. The van der Waals surface area contributed by atoms with Crippen LogP contribution in [0, 0.1) is 12.8 Å². The van der Waals surface area contributed by atoms with E-state index in [2.05, 4.69) is 21.2 Å². The van der Waals surface area contributed by atoms with Crippen LogP contribution in [0.2, 0.25) is 0 Å². The summed E-state index contributed by atoms with van der Waals surface area (Å²) in [5.74, 6) is -0.440. The maximum atomic E-state index is 10.8. The molecule has 4 heteroatoms. The number of hydrogen-bond donors (Lipinski definition) is 2. The van der Waals surface area contributed by atoms with Crippen molar-refractivity contribution < 1.29 is 4.79 Å². The third-order valence-electron chi connectivity index (χ3n) is 2.26. The molecular formula is C11H15BrN2O. The van der Waals surface area contributed by atoms with Gasteiger partial charge in [0.25, 0.3) is 0 Å². The molecule has 0 saturated carbocycles. The molecule has 1 unspecified atom stereocenters. The molecule has 1 aromatic carbocycles. The molecule has 0 aliphatic carbocycles. The number of halogens is 1. The Hall–Kier alpha value is -1.03. The van der Waals surface area contributed by atoms with Crippen molar-refractivity contribution in [3.63, 3.8) is 0 Å². The lowest BCUT2D eigenvalue weighted by molar-refractivity contribution is -0.120. The first-order valence-electron chi connectivity index (χ1n) is 4.80. The Labute approximate surface area is 98.2 Å². The molecule has 15 heavy (non-hydrogen) atoms. The van der Waals surface area contributed by atoms with Gasteiger partial charge in [0.05, 0.1) is 5.92 Å². The molecule has 0 saturated heterocycles. The smallest absolute Gasteiger partial charge is 0.222 e. The third kappa shape index (κ3) is 3.55. The van der Waals surface area contributed by atoms with Gasteiger partial charge in [0.1, 0.15) is 0 Å². The molecule has 3 N–H and O–H groups in total. The van der Waals surface area contributed by atoms with Crippen LogP contribution in [0.15, 0.2) is 22.7 Å². The molecule has 0 heterocycles. The number of aryl methyl sites for hydroxylation is 1. The maximum absolute atomic E-state index is 10.8. The first-order valence-corrected chi connectivity index (χ1v) is 5.59. The molecule has 0 aromatic heterocycles. The number of nitrogens with one attached hydrogen (secondary N) is 1. The Morgan fingerprint density at radius 3 is 2.80 bits per heavy atom. The lowest BCUT2D eigenvalue weighted by Crippen LogP contribution is -2.26. The van der Waals surface area contributed by atoms with Gasteiger partial charge in [-0.2, -0.15) is 0 Å². The van der Waals surface area contributed by atoms with Crippen LogP contribution in [-0.2, 0) is 4.79 Å². The van der Waals surface area contributed by atoms with Crippen molar-refractivity contribution in [3.8, 4) is 0 Å². The number of anilines is 1. The Kier molecular flexibility index (Phi) is 4.15. The molecular weight excluding hydrogens is 256 g/mol. The Morgan fingerprint density at radius 2 is 2.27 bits per heavy atom. The fraction of sp³-hybridized carbons (Fsp3) is 0.364. The average Bonchev–Trinajstić information content (AvgIpc) is 2.19. The molecule has 0 radical (unpaired) electrons. The highest BCUT2D eigenvalue weighted by Gasteiger charge is 2.07. The van der Waals surface area contributed by atoms with Crippen LogP contribution in [0.5, 0.6) is 0 Å². The maximum Gasteiger partial charge on any atom is 0.222 e. The normalized spacial score (nSPS) is 12.2. The predicted octanol–water partition coefficient (Wildman–Crippen LogP) is 2.29. The number of benzene rings is 1. The molecule has 1 amide bonds. The zero-order valence-corrected chi connectivity index (χ0v) is 10.5. The van der Waals surface area contributed by atoms with E-state index in [0.29, 0.717) is 6.54 Å². The number of hydrogen-bond acceptors (Lipinski definition) is 2. The van der Waals surface area contributed by atoms with E-state index >= 15 is 0 Å². The summed E-state index contributed by atoms with van der Waals surface area (Å²) in [4.78, 5) is 10.8. The van der Waals surface area contributed by atoms with Crippen molar-refractivity contribution in [1.29, 1.82) is 0 Å². The van der Waals surface area contributed by atoms with Gasteiger partial charge in [-0.15, -0.1) is 0 Å². The lowest BCUT2D eigenvalue weighted by Gasteiger charge is -2.11. The highest BCUT2D eigenvalue weighted by Crippen LogP contribution is 2.20. The van der Waals surface area contributed by atoms with E-state index in [-0.39, 0.29) is 11.8 Å². The van der Waals surface area contributed by atoms with E-state index in [4.69, 9.17) is 5.73 Å². The highest BCUT2D eigenvalue weighted by molar-refractivity contribution is 9.10. The summed E-state index contributed by atoms with van der Waals surface area (Å²) in [6, 6.07) is 5.97. The number of nitrogens with two attached hydrogens (primary N) is 1. The van der Waals surface area contributed by atoms with Crippen molar-refractivity contribution in [2.24, 2.45) is 11.7 Å². The van der Waals surface area contributed by atoms with Gasteiger partial charge in [0.15, 0.2) is 0 Å². The van der Waals surface area contributed by atoms with Crippen LogP contribution in [0.4, 0.5) is 5.69 Å². The van der Waals surface area contributed by atoms with Crippen LogP contribution in [0.1, 0.15) is 12.5 Å². The van der Waals surface area contributed by atoms with Crippen LogP contribution >= 0.6 is 15.9 Å². The van der Waals surface area contributed by atoms with Crippen molar-refractivity contribution in [1.82, 2.24) is 0 Å². The van der Waals surface area contributed by atoms with Gasteiger partial charge >= 0.3 is 0 Å². The lowest BCUT2D eigenvalue weighted by atomic mass is 10.1. The number of amides is 1. The van der Waals surface area contributed by atoms with E-state index in [0.717, 1.165) is 15.7 Å². The van der Waals surface area contributed by atoms with Crippen LogP contribution in [-0.4, -0.2) is 12.5 Å². The summed E-state index contributed by atoms with van der Waals surface area (Å²) in [7, 11) is 0. The largest absolute Gasteiger partial charge is 0.384 e. The van der Waals surface area contributed by atoms with Crippen LogP contribution < -0.4 is 11.1 Å². The summed E-state index contributed by atoms with van der Waals surface area (Å²) in [5.41, 5.74) is 7.33. The van der Waals surface area contributed by atoms with Gasteiger partial charge in [-0.1, -0.05) is 22.9 Å². The molecule has 82 valence electrons. The second-order valence-electron chi connectivity index (χ2n) is 3.65. The molecule has 0 bridgehead atoms. The predicted molar refractivity (Wildman–Crippen MR) is 65.7 cm³/mol. The topological polar surface area (TPSA) is 55.1 Å². The van der Waals surface area contributed by atoms with Gasteiger partial charge in [0.2, 0.25) is 5.91 Å². The van der Waals surface area contributed by atoms with Crippen molar-refractivity contribution in [2.75, 3.05) is 11.9 Å². The second kappa shape index (κ2) is 5.16. The van der Waals surface area contributed by atoms with Gasteiger partial charge in [-0.05, 0) is 30.7 Å². The van der Waals surface area contributed by atoms with E-state index in [1.54, 1.807) is 6.92 Å². The summed E-state index contributed by atoms with van der Waals surface area (Å²) < 4.78 is 1.08. The number of rotatable bonds is 4. The van der Waals surface area contributed by atoms with Gasteiger partial charge < -0.3 is 11.1 Å². The molecule has 0 aliphatic rings. The monoisotopic (exact) mass is 270 g/mol. The SMILES string of the molecule is Cc1cc(NCC(C)C(N)=O)ccc1Br. The Morgan fingerprint density at radius 1 is 1.60 bits per heavy atom. The summed E-state index contributed by atoms with van der Waals surface area (Å²) >= 11 is 3.43. The van der Waals surface area contributed by atoms with Crippen molar-refractivity contribution in [2.45, 2.75) is 13.8 Å². The minimum atomic E-state index is -0.281. The fourth-order valence-corrected chi connectivity index (χ4v) is 1.37. The first kappa shape index (κ1) is 12.0. The zero-order valence-electron chi connectivity index (χ0n) is 8.88. The minimum Gasteiger partial charge on any atom is -0.384 e. The van der Waals surface area contributed by atoms with E-state index in [1.807, 2.05) is 25.1 Å². The van der Waals surface area contributed by atoms with E-state index < -0.39 is 0 Å². The minimum absolute atomic E-state index is 0.158. The first-order chi connectivity index (χ1) is 7.00. The molecule has 0 aliphatic heterocycles. The standard InChI is InChI=1S/C11H15BrN2O/c1-7-5-9(3-4-10(7)12)14-6-8(2)11(13)15/h3-5,8,14H,6H2,1-2H3,(H2,13,15). The molecule has 1 aromatic rings. The zero-order chi connectivity index (χ0) is 11.4. The summed E-state index contributed by atoms with van der Waals surface area (Å²) in [6.45, 7) is 4.39. The molecule has 1 rings (SSSR count). The quantitative estimate of drug-likeness (QED) is 0.882. The molecule has 1 atom stereocenters. The van der Waals surface area contributed by atoms with Crippen molar-refractivity contribution in [3.05, 3.63) is 28.2 Å². The van der Waals surface area contributed by atoms with E-state index in [9.17, 15) is 4.79 Å². The molecule has 0 fully saturated rings. The fourth-order valence-electron chi connectivity index (χ4n) is 1.13. The average molecular weight is 271 g/mol. The Bertz CT molecular complexity index is 366. The summed E-state index contributed by atoms with van der Waals surface area (Å²) in [6.07, 6.45) is 0. The third-order valence-corrected chi connectivity index (χ3v) is 3.15. The van der Waals surface area contributed by atoms with Crippen LogP contribution in [0.3, 0.4) is 0 Å². The van der Waals surface area contributed by atoms with E-state index in [1.165, 1.54) is 0 Å². The molecule has 0 spiro atoms. The van der Waals surface area contributed by atoms with Crippen molar-refractivity contribution >= 4 is 27.5 Å². The second-order valence-corrected chi connectivity index (χ2v) is 4.50. The number of primary amides is 1. The highest BCUT2D eigenvalue weighted by atomic mass is 79.9. The number of carbonyl (C=O) groups excluding carboxylic acids is 1. The van der Waals surface area contributed by atoms with Crippen LogP contribution in [0.25, 0.3) is 0 Å².